The summed E-state index contributed by atoms with van der Waals surface area (Å²) in [7, 11) is -16.5. The molecule has 340 valence electrons. The number of nitrogens with zero attached hydrogens (tertiary/aromatic N) is 4. The second-order valence-corrected chi connectivity index (χ2v) is 19.2. The van der Waals surface area contributed by atoms with Crippen molar-refractivity contribution in [2.45, 2.75) is 89.1 Å². The number of imidazole rings is 1. The van der Waals surface area contributed by atoms with E-state index in [9.17, 15) is 67.8 Å². The van der Waals surface area contributed by atoms with Crippen molar-refractivity contribution in [3.05, 3.63) is 12.7 Å². The predicted octanol–water partition coefficient (Wildman–Crippen LogP) is -0.939. The molecule has 2 aromatic heterocycles. The smallest absolute Gasteiger partial charge is 0.481 e. The van der Waals surface area contributed by atoms with Gasteiger partial charge in [-0.05, 0) is 19.3 Å². The standard InChI is InChI=1S/C29H48N7O20P3S/c1-29(2,24(43)27(44)32-9-8-18(38)31-10-11-60-20(41)7-6-16(37)4-3-5-19(39)40)13-53-59(50,51)56-58(48,49)52-12-17-23(55-57(45,46)47)22(42)28(54-17)36-15-35-21-25(30)33-14-34-26(21)36/h14-17,22-24,28,37,42-43H,3-13H2,1-2H3,(H,31,38)(H,32,44)(H,39,40)(H,48,49)(H,50,51)(H2,30,33,34)(H2,45,46,47). The number of aliphatic hydroxyl groups excluding tert-OH is 3. The molecule has 1 fully saturated rings. The Bertz CT molecular complexity index is 1950. The quantitative estimate of drug-likeness (QED) is 0.0400. The Morgan fingerprint density at radius 3 is 2.33 bits per heavy atom. The van der Waals surface area contributed by atoms with Gasteiger partial charge in [0.15, 0.2) is 22.8 Å². The van der Waals surface area contributed by atoms with Gasteiger partial charge in [-0.25, -0.2) is 28.6 Å². The average molecular weight is 940 g/mol. The van der Waals surface area contributed by atoms with Crippen LogP contribution in [0.5, 0.6) is 0 Å². The molecule has 0 aliphatic carbocycles. The minimum atomic E-state index is -5.59. The number of phosphoric acid groups is 3. The van der Waals surface area contributed by atoms with Gasteiger partial charge in [0.2, 0.25) is 11.8 Å². The van der Waals surface area contributed by atoms with Crippen LogP contribution in [0.15, 0.2) is 12.7 Å². The molecular weight excluding hydrogens is 891 g/mol. The van der Waals surface area contributed by atoms with Crippen molar-refractivity contribution in [3.8, 4) is 0 Å². The second kappa shape index (κ2) is 22.4. The molecule has 0 saturated carbocycles. The summed E-state index contributed by atoms with van der Waals surface area (Å²) in [6, 6.07) is 0. The van der Waals surface area contributed by atoms with Crippen molar-refractivity contribution in [2.24, 2.45) is 5.41 Å². The third-order valence-corrected chi connectivity index (χ3v) is 12.4. The van der Waals surface area contributed by atoms with Crippen LogP contribution < -0.4 is 16.4 Å². The number of carboxylic acids is 1. The number of amides is 2. The van der Waals surface area contributed by atoms with E-state index in [0.717, 1.165) is 29.0 Å². The van der Waals surface area contributed by atoms with Crippen LogP contribution in [0.4, 0.5) is 5.82 Å². The molecule has 2 amide bonds. The first kappa shape index (κ1) is 51.3. The van der Waals surface area contributed by atoms with E-state index in [2.05, 4.69) is 34.4 Å². The van der Waals surface area contributed by atoms with E-state index in [1.54, 1.807) is 0 Å². The number of fused-ring (bicyclic) bond motifs is 1. The van der Waals surface area contributed by atoms with Crippen LogP contribution in [0.2, 0.25) is 0 Å². The molecule has 8 unspecified atom stereocenters. The molecule has 3 rings (SSSR count). The van der Waals surface area contributed by atoms with Crippen molar-refractivity contribution >= 4 is 75.1 Å². The number of phosphoric ester groups is 3. The van der Waals surface area contributed by atoms with Crippen LogP contribution in [-0.4, -0.2) is 145 Å². The van der Waals surface area contributed by atoms with E-state index in [0.29, 0.717) is 0 Å². The maximum Gasteiger partial charge on any atom is 0.481 e. The summed E-state index contributed by atoms with van der Waals surface area (Å²) in [6.45, 7) is 0.238. The van der Waals surface area contributed by atoms with E-state index >= 15 is 0 Å². The number of nitrogens with two attached hydrogens (primary N) is 1. The number of rotatable bonds is 26. The molecule has 2 aromatic rings. The monoisotopic (exact) mass is 939 g/mol. The number of nitrogens with one attached hydrogen (secondary N) is 2. The first-order chi connectivity index (χ1) is 27.8. The van der Waals surface area contributed by atoms with Gasteiger partial charge in [-0.3, -0.25) is 37.3 Å². The fraction of sp³-hybridized carbons (Fsp3) is 0.690. The number of anilines is 1. The number of hydrogen-bond donors (Lipinski definition) is 11. The van der Waals surface area contributed by atoms with Crippen LogP contribution in [0.25, 0.3) is 11.2 Å². The van der Waals surface area contributed by atoms with E-state index in [1.165, 1.54) is 13.8 Å². The number of thioether (sulfide) groups is 1. The number of carbonyl (C=O) groups excluding carboxylic acids is 3. The molecule has 1 aliphatic rings. The van der Waals surface area contributed by atoms with Crippen molar-refractivity contribution in [3.63, 3.8) is 0 Å². The van der Waals surface area contributed by atoms with Gasteiger partial charge in [-0.15, -0.1) is 0 Å². The van der Waals surface area contributed by atoms with E-state index in [1.807, 2.05) is 0 Å². The molecule has 12 N–H and O–H groups in total. The van der Waals surface area contributed by atoms with Gasteiger partial charge in [-0.2, -0.15) is 4.31 Å². The van der Waals surface area contributed by atoms with Crippen LogP contribution >= 0.6 is 35.2 Å². The van der Waals surface area contributed by atoms with E-state index in [4.69, 9.17) is 24.6 Å². The zero-order chi connectivity index (χ0) is 45.1. The molecule has 0 aromatic carbocycles. The number of carbonyl (C=O) groups is 4. The van der Waals surface area contributed by atoms with Gasteiger partial charge in [-0.1, -0.05) is 25.6 Å². The molecule has 1 saturated heterocycles. The SMILES string of the molecule is CC(C)(COP(=O)(O)OP(=O)(O)OCC1OC(n2cnc3c(N)ncnc32)C(O)C1OP(=O)(O)O)C(O)C(=O)NCCC(=O)NCCSC(=O)CCC(O)CCCC(=O)O. The fourth-order valence-corrected chi connectivity index (χ4v) is 8.81. The lowest BCUT2D eigenvalue weighted by atomic mass is 9.87. The Labute approximate surface area is 345 Å². The molecule has 31 heteroatoms. The topological polar surface area (TPSA) is 421 Å². The van der Waals surface area contributed by atoms with Crippen LogP contribution in [-0.2, 0) is 55.5 Å². The Kier molecular flexibility index (Phi) is 19.1. The van der Waals surface area contributed by atoms with Gasteiger partial charge in [0, 0.05) is 43.5 Å². The number of aliphatic hydroxyl groups is 3. The van der Waals surface area contributed by atoms with Gasteiger partial charge >= 0.3 is 29.4 Å². The summed E-state index contributed by atoms with van der Waals surface area (Å²) in [5, 5.41) is 44.5. The molecule has 0 spiro atoms. The van der Waals surface area contributed by atoms with Crippen LogP contribution in [0.3, 0.4) is 0 Å². The Balaban J connectivity index is 1.42. The lowest BCUT2D eigenvalue weighted by molar-refractivity contribution is -0.138. The fourth-order valence-electron chi connectivity index (χ4n) is 5.28. The zero-order valence-corrected chi connectivity index (χ0v) is 35.5. The second-order valence-electron chi connectivity index (χ2n) is 13.8. The molecular formula is C29H48N7O20P3S. The summed E-state index contributed by atoms with van der Waals surface area (Å²) < 4.78 is 62.1. The molecule has 1 aliphatic heterocycles. The summed E-state index contributed by atoms with van der Waals surface area (Å²) in [5.41, 5.74) is 4.20. The van der Waals surface area contributed by atoms with Crippen molar-refractivity contribution < 1.29 is 95.5 Å². The highest BCUT2D eigenvalue weighted by atomic mass is 32.2. The molecule has 8 atom stereocenters. The van der Waals surface area contributed by atoms with Gasteiger partial charge in [0.05, 0.1) is 25.6 Å². The molecule has 0 radical (unpaired) electrons. The highest BCUT2D eigenvalue weighted by molar-refractivity contribution is 8.13. The van der Waals surface area contributed by atoms with Crippen molar-refractivity contribution in [1.82, 2.24) is 30.2 Å². The maximum atomic E-state index is 12.7. The van der Waals surface area contributed by atoms with E-state index < -0.39 is 96.6 Å². The lowest BCUT2D eigenvalue weighted by Crippen LogP contribution is -2.46. The highest BCUT2D eigenvalue weighted by Gasteiger charge is 2.50. The van der Waals surface area contributed by atoms with Crippen LogP contribution in [0.1, 0.15) is 58.6 Å². The third kappa shape index (κ3) is 16.7. The number of aliphatic carboxylic acids is 1. The third-order valence-electron chi connectivity index (χ3n) is 8.37. The number of ether oxygens (including phenoxy) is 1. The molecule has 60 heavy (non-hydrogen) atoms. The number of hydrogen-bond acceptors (Lipinski definition) is 20. The Hall–Kier alpha value is -3.01. The molecule has 0 bridgehead atoms. The largest absolute Gasteiger partial charge is 0.481 e. The van der Waals surface area contributed by atoms with Gasteiger partial charge in [0.1, 0.15) is 36.3 Å². The minimum absolute atomic E-state index is 0.0181. The summed E-state index contributed by atoms with van der Waals surface area (Å²) in [4.78, 5) is 98.2. The maximum absolute atomic E-state index is 12.7. The first-order valence-electron chi connectivity index (χ1n) is 17.8. The lowest BCUT2D eigenvalue weighted by Gasteiger charge is -2.30. The predicted molar refractivity (Wildman–Crippen MR) is 204 cm³/mol. The number of carboxylic acid groups (broad SMARTS) is 1. The summed E-state index contributed by atoms with van der Waals surface area (Å²) in [5.74, 6) is -2.32. The Morgan fingerprint density at radius 1 is 0.983 bits per heavy atom. The van der Waals surface area contributed by atoms with Crippen molar-refractivity contribution in [2.75, 3.05) is 37.8 Å². The minimum Gasteiger partial charge on any atom is -0.481 e. The van der Waals surface area contributed by atoms with E-state index in [-0.39, 0.29) is 79.5 Å². The number of aromatic nitrogens is 4. The van der Waals surface area contributed by atoms with Crippen LogP contribution in [0, 0.1) is 5.41 Å². The Morgan fingerprint density at radius 2 is 1.67 bits per heavy atom. The molecule has 27 nitrogen and oxygen atoms in total. The van der Waals surface area contributed by atoms with Crippen molar-refractivity contribution in [1.29, 1.82) is 0 Å². The van der Waals surface area contributed by atoms with Gasteiger partial charge in [0.25, 0.3) is 0 Å². The summed E-state index contributed by atoms with van der Waals surface area (Å²) in [6.07, 6.45) is -7.20. The highest BCUT2D eigenvalue weighted by Crippen LogP contribution is 2.61. The van der Waals surface area contributed by atoms with Gasteiger partial charge < -0.3 is 61.1 Å². The normalized spacial score (nSPS) is 21.5. The average Bonchev–Trinajstić information content (AvgIpc) is 3.70. The number of nitrogen functional groups attached to an aromatic ring is 1. The molecule has 3 heterocycles. The summed E-state index contributed by atoms with van der Waals surface area (Å²) >= 11 is 0.936. The zero-order valence-electron chi connectivity index (χ0n) is 32.0. The first-order valence-corrected chi connectivity index (χ1v) is 23.3.